The van der Waals surface area contributed by atoms with Crippen molar-refractivity contribution in [3.8, 4) is 0 Å². The average molecular weight is 282 g/mol. The van der Waals surface area contributed by atoms with Gasteiger partial charge < -0.3 is 10.2 Å². The lowest BCUT2D eigenvalue weighted by Crippen LogP contribution is -2.32. The number of hydrogen-bond acceptors (Lipinski definition) is 5. The Labute approximate surface area is 107 Å². The molecule has 0 fully saturated rings. The normalized spacial score (nSPS) is 12.0. The van der Waals surface area contributed by atoms with Gasteiger partial charge in [0.05, 0.1) is 0 Å². The maximum atomic E-state index is 12.6. The Morgan fingerprint density at radius 1 is 1.32 bits per heavy atom. The molecule has 0 aliphatic rings. The summed E-state index contributed by atoms with van der Waals surface area (Å²) in [6, 6.07) is 0. The molecule has 19 heavy (non-hydrogen) atoms. The molecule has 3 N–H and O–H groups in total. The van der Waals surface area contributed by atoms with Crippen molar-refractivity contribution in [2.75, 3.05) is 12.0 Å². The predicted octanol–water partition coefficient (Wildman–Crippen LogP) is 1.80. The largest absolute Gasteiger partial charge is 0.367 e. The molecule has 0 saturated carbocycles. The third-order valence-corrected chi connectivity index (χ3v) is 2.42. The van der Waals surface area contributed by atoms with Crippen LogP contribution in [0.5, 0.6) is 0 Å². The van der Waals surface area contributed by atoms with Crippen LogP contribution in [0.2, 0.25) is 0 Å². The minimum Gasteiger partial charge on any atom is -0.367 e. The highest BCUT2D eigenvalue weighted by molar-refractivity contribution is 5.44. The molecule has 0 bridgehead atoms. The van der Waals surface area contributed by atoms with Crippen molar-refractivity contribution in [1.82, 2.24) is 9.97 Å². The van der Waals surface area contributed by atoms with Crippen LogP contribution in [0, 0.1) is 13.8 Å². The molecule has 0 amide bonds. The van der Waals surface area contributed by atoms with Gasteiger partial charge in [-0.25, -0.2) is 24.6 Å². The molecule has 0 unspecified atom stereocenters. The number of aromatic nitrogens is 2. The van der Waals surface area contributed by atoms with Crippen molar-refractivity contribution in [3.63, 3.8) is 0 Å². The molecule has 108 valence electrons. The molecule has 0 aromatic carbocycles. The van der Waals surface area contributed by atoms with E-state index in [0.717, 1.165) is 0 Å². The van der Waals surface area contributed by atoms with Gasteiger partial charge in [0.25, 0.3) is 0 Å². The number of rotatable bonds is 6. The number of nitrogen functional groups attached to an aromatic ring is 1. The second-order valence-corrected chi connectivity index (χ2v) is 3.90. The van der Waals surface area contributed by atoms with Crippen LogP contribution in [-0.4, -0.2) is 28.9 Å². The Hall–Kier alpha value is -1.48. The van der Waals surface area contributed by atoms with Gasteiger partial charge in [0.15, 0.2) is 5.82 Å². The molecule has 0 aliphatic heterocycles. The lowest BCUT2D eigenvalue weighted by Gasteiger charge is -2.15. The maximum absolute atomic E-state index is 12.6. The first-order chi connectivity index (χ1) is 8.77. The van der Waals surface area contributed by atoms with E-state index in [1.165, 1.54) is 0 Å². The van der Waals surface area contributed by atoms with Crippen LogP contribution in [0.4, 0.5) is 23.4 Å². The van der Waals surface area contributed by atoms with E-state index in [0.29, 0.717) is 17.1 Å². The van der Waals surface area contributed by atoms with Crippen LogP contribution in [0.3, 0.4) is 0 Å². The van der Waals surface area contributed by atoms with Gasteiger partial charge in [0.1, 0.15) is 19.0 Å². The summed E-state index contributed by atoms with van der Waals surface area (Å²) in [5.74, 6) is 1.45. The standard InChI is InChI=1S/C10H14F4N4O/c1-5-6(2)16-7(17-8(5)18-15)3-19-4-10(13,14)9(11)12/h9H,3-4,15H2,1-2H3,(H,16,17,18). The van der Waals surface area contributed by atoms with Crippen molar-refractivity contribution in [1.29, 1.82) is 0 Å². The number of alkyl halides is 4. The molecule has 0 radical (unpaired) electrons. The number of hydrogen-bond donors (Lipinski definition) is 2. The Morgan fingerprint density at radius 2 is 1.95 bits per heavy atom. The summed E-state index contributed by atoms with van der Waals surface area (Å²) in [6.45, 7) is 1.60. The highest BCUT2D eigenvalue weighted by Crippen LogP contribution is 2.23. The van der Waals surface area contributed by atoms with Gasteiger partial charge in [-0.1, -0.05) is 0 Å². The SMILES string of the molecule is Cc1nc(COCC(F)(F)C(F)F)nc(NN)c1C. The number of halogens is 4. The lowest BCUT2D eigenvalue weighted by molar-refractivity contribution is -0.168. The molecule has 9 heteroatoms. The zero-order chi connectivity index (χ0) is 14.6. The number of anilines is 1. The number of nitrogens with zero attached hydrogens (tertiary/aromatic N) is 2. The van der Waals surface area contributed by atoms with Crippen LogP contribution in [0.1, 0.15) is 17.1 Å². The van der Waals surface area contributed by atoms with E-state index in [4.69, 9.17) is 5.84 Å². The van der Waals surface area contributed by atoms with Gasteiger partial charge in [-0.15, -0.1) is 0 Å². The van der Waals surface area contributed by atoms with Crippen molar-refractivity contribution < 1.29 is 22.3 Å². The van der Waals surface area contributed by atoms with E-state index in [9.17, 15) is 17.6 Å². The van der Waals surface area contributed by atoms with Crippen LogP contribution in [0.15, 0.2) is 0 Å². The fourth-order valence-electron chi connectivity index (χ4n) is 1.23. The van der Waals surface area contributed by atoms with Gasteiger partial charge >= 0.3 is 12.3 Å². The van der Waals surface area contributed by atoms with Crippen LogP contribution < -0.4 is 11.3 Å². The summed E-state index contributed by atoms with van der Waals surface area (Å²) in [5.41, 5.74) is 3.61. The number of nitrogens with two attached hydrogens (primary N) is 1. The zero-order valence-corrected chi connectivity index (χ0v) is 10.4. The minimum absolute atomic E-state index is 0.0844. The van der Waals surface area contributed by atoms with Crippen LogP contribution in [0.25, 0.3) is 0 Å². The van der Waals surface area contributed by atoms with Crippen molar-refractivity contribution >= 4 is 5.82 Å². The smallest absolute Gasteiger partial charge is 0.330 e. The molecule has 0 saturated heterocycles. The highest BCUT2D eigenvalue weighted by Gasteiger charge is 2.41. The maximum Gasteiger partial charge on any atom is 0.330 e. The minimum atomic E-state index is -4.19. The first-order valence-electron chi connectivity index (χ1n) is 5.32. The third-order valence-electron chi connectivity index (χ3n) is 2.42. The molecule has 0 spiro atoms. The van der Waals surface area contributed by atoms with Gasteiger partial charge in [-0.3, -0.25) is 0 Å². The Kier molecular flexibility index (Phi) is 5.01. The Bertz CT molecular complexity index is 442. The van der Waals surface area contributed by atoms with E-state index in [2.05, 4.69) is 20.1 Å². The summed E-state index contributed by atoms with van der Waals surface area (Å²) in [6.07, 6.45) is -3.77. The molecule has 1 heterocycles. The predicted molar refractivity (Wildman–Crippen MR) is 59.9 cm³/mol. The fraction of sp³-hybridized carbons (Fsp3) is 0.600. The summed E-state index contributed by atoms with van der Waals surface area (Å²) in [4.78, 5) is 7.89. The summed E-state index contributed by atoms with van der Waals surface area (Å²) < 4.78 is 53.5. The van der Waals surface area contributed by atoms with Crippen LogP contribution >= 0.6 is 0 Å². The first-order valence-corrected chi connectivity index (χ1v) is 5.32. The average Bonchev–Trinajstić information content (AvgIpc) is 2.33. The molecule has 0 aliphatic carbocycles. The van der Waals surface area contributed by atoms with Gasteiger partial charge in [-0.2, -0.15) is 8.78 Å². The molecule has 1 aromatic rings. The molecular formula is C10H14F4N4O. The fourth-order valence-corrected chi connectivity index (χ4v) is 1.23. The van der Waals surface area contributed by atoms with Crippen LogP contribution in [-0.2, 0) is 11.3 Å². The lowest BCUT2D eigenvalue weighted by atomic mass is 10.2. The summed E-state index contributed by atoms with van der Waals surface area (Å²) >= 11 is 0. The number of nitrogens with one attached hydrogen (secondary N) is 1. The van der Waals surface area contributed by atoms with Gasteiger partial charge in [-0.05, 0) is 13.8 Å². The summed E-state index contributed by atoms with van der Waals surface area (Å²) in [7, 11) is 0. The molecule has 1 aromatic heterocycles. The van der Waals surface area contributed by atoms with E-state index < -0.39 is 25.6 Å². The van der Waals surface area contributed by atoms with E-state index in [1.54, 1.807) is 13.8 Å². The van der Waals surface area contributed by atoms with E-state index >= 15 is 0 Å². The molecule has 5 nitrogen and oxygen atoms in total. The van der Waals surface area contributed by atoms with E-state index in [-0.39, 0.29) is 5.82 Å². The molecule has 1 rings (SSSR count). The van der Waals surface area contributed by atoms with Gasteiger partial charge in [0.2, 0.25) is 0 Å². The Balaban J connectivity index is 2.67. The highest BCUT2D eigenvalue weighted by atomic mass is 19.3. The number of aryl methyl sites for hydroxylation is 1. The quantitative estimate of drug-likeness (QED) is 0.473. The first kappa shape index (κ1) is 15.6. The van der Waals surface area contributed by atoms with Gasteiger partial charge in [0, 0.05) is 11.3 Å². The number of hydrazine groups is 1. The van der Waals surface area contributed by atoms with E-state index in [1.807, 2.05) is 0 Å². The van der Waals surface area contributed by atoms with Crippen molar-refractivity contribution in [3.05, 3.63) is 17.1 Å². The summed E-state index contributed by atoms with van der Waals surface area (Å²) in [5, 5.41) is 0. The second-order valence-electron chi connectivity index (χ2n) is 3.90. The topological polar surface area (TPSA) is 73.1 Å². The number of ether oxygens (including phenoxy) is 1. The second kappa shape index (κ2) is 6.11. The van der Waals surface area contributed by atoms with Crippen molar-refractivity contribution in [2.24, 2.45) is 5.84 Å². The monoisotopic (exact) mass is 282 g/mol. The molecular weight excluding hydrogens is 268 g/mol. The Morgan fingerprint density at radius 3 is 2.47 bits per heavy atom. The zero-order valence-electron chi connectivity index (χ0n) is 10.4. The molecule has 0 atom stereocenters. The van der Waals surface area contributed by atoms with Crippen molar-refractivity contribution in [2.45, 2.75) is 32.8 Å². The third kappa shape index (κ3) is 4.00.